The molecule has 128 valence electrons. The third-order valence-electron chi connectivity index (χ3n) is 4.24. The van der Waals surface area contributed by atoms with Crippen LogP contribution in [-0.2, 0) is 6.42 Å². The lowest BCUT2D eigenvalue weighted by atomic mass is 10.0. The average Bonchev–Trinajstić information content (AvgIpc) is 3.04. The minimum absolute atomic E-state index is 0.0104. The Morgan fingerprint density at radius 1 is 1.42 bits per heavy atom. The molecule has 0 saturated carbocycles. The van der Waals surface area contributed by atoms with Gasteiger partial charge < -0.3 is 14.6 Å². The van der Waals surface area contributed by atoms with E-state index in [9.17, 15) is 9.18 Å². The van der Waals surface area contributed by atoms with E-state index >= 15 is 0 Å². The molecule has 1 aromatic heterocycles. The van der Waals surface area contributed by atoms with E-state index in [-0.39, 0.29) is 11.8 Å². The minimum Gasteiger partial charge on any atom is -0.444 e. The van der Waals surface area contributed by atoms with Crippen molar-refractivity contribution in [3.8, 4) is 11.5 Å². The number of carbonyl (C=O) groups is 1. The third-order valence-corrected chi connectivity index (χ3v) is 4.24. The van der Waals surface area contributed by atoms with Crippen LogP contribution in [0.25, 0.3) is 11.5 Å². The Morgan fingerprint density at radius 3 is 2.96 bits per heavy atom. The first-order valence-electron chi connectivity index (χ1n) is 8.35. The van der Waals surface area contributed by atoms with Gasteiger partial charge in [-0.15, -0.1) is 0 Å². The minimum atomic E-state index is -0.291. The number of benzene rings is 1. The standard InChI is InChI=1S/C18H22FN3O2/c1-13-3-2-10-22(11-13)18(23)20-9-8-16-12-24-17(21-16)14-4-6-15(19)7-5-14/h4-7,12-13H,2-3,8-11H2,1H3,(H,20,23)/t13-/m1/s1. The molecule has 24 heavy (non-hydrogen) atoms. The lowest BCUT2D eigenvalue weighted by Crippen LogP contribution is -2.45. The maximum Gasteiger partial charge on any atom is 0.317 e. The fraction of sp³-hybridized carbons (Fsp3) is 0.444. The molecule has 0 aliphatic carbocycles. The lowest BCUT2D eigenvalue weighted by Gasteiger charge is -2.30. The van der Waals surface area contributed by atoms with E-state index in [2.05, 4.69) is 17.2 Å². The second-order valence-corrected chi connectivity index (χ2v) is 6.33. The Morgan fingerprint density at radius 2 is 2.21 bits per heavy atom. The molecule has 0 bridgehead atoms. The van der Waals surface area contributed by atoms with E-state index in [0.29, 0.717) is 24.8 Å². The fourth-order valence-corrected chi connectivity index (χ4v) is 2.93. The van der Waals surface area contributed by atoms with Gasteiger partial charge in [-0.1, -0.05) is 6.92 Å². The molecule has 5 nitrogen and oxygen atoms in total. The summed E-state index contributed by atoms with van der Waals surface area (Å²) in [6.07, 6.45) is 4.43. The van der Waals surface area contributed by atoms with Crippen molar-refractivity contribution in [2.75, 3.05) is 19.6 Å². The van der Waals surface area contributed by atoms with Crippen molar-refractivity contribution in [1.82, 2.24) is 15.2 Å². The Labute approximate surface area is 140 Å². The Kier molecular flexibility index (Phi) is 5.13. The summed E-state index contributed by atoms with van der Waals surface area (Å²) in [5.41, 5.74) is 1.50. The van der Waals surface area contributed by atoms with Crippen LogP contribution in [0.2, 0.25) is 0 Å². The number of nitrogens with one attached hydrogen (secondary N) is 1. The predicted molar refractivity (Wildman–Crippen MR) is 89.0 cm³/mol. The molecule has 3 rings (SSSR count). The molecule has 1 atom stereocenters. The van der Waals surface area contributed by atoms with Crippen molar-refractivity contribution in [2.45, 2.75) is 26.2 Å². The molecule has 1 aliphatic heterocycles. The molecule has 1 aliphatic rings. The van der Waals surface area contributed by atoms with Gasteiger partial charge >= 0.3 is 6.03 Å². The fourth-order valence-electron chi connectivity index (χ4n) is 2.93. The van der Waals surface area contributed by atoms with Crippen LogP contribution in [-0.4, -0.2) is 35.5 Å². The van der Waals surface area contributed by atoms with Gasteiger partial charge in [-0.05, 0) is 43.0 Å². The van der Waals surface area contributed by atoms with Crippen LogP contribution in [0.4, 0.5) is 9.18 Å². The molecule has 0 radical (unpaired) electrons. The zero-order valence-corrected chi connectivity index (χ0v) is 13.8. The number of amides is 2. The number of aromatic nitrogens is 1. The van der Waals surface area contributed by atoms with Crippen LogP contribution >= 0.6 is 0 Å². The van der Waals surface area contributed by atoms with Gasteiger partial charge in [0.15, 0.2) is 0 Å². The van der Waals surface area contributed by atoms with E-state index < -0.39 is 0 Å². The van der Waals surface area contributed by atoms with Gasteiger partial charge in [0, 0.05) is 31.6 Å². The Hall–Kier alpha value is -2.37. The van der Waals surface area contributed by atoms with Gasteiger partial charge in [-0.3, -0.25) is 0 Å². The van der Waals surface area contributed by atoms with Crippen molar-refractivity contribution in [2.24, 2.45) is 5.92 Å². The van der Waals surface area contributed by atoms with Crippen molar-refractivity contribution in [3.05, 3.63) is 42.0 Å². The normalized spacial score (nSPS) is 17.8. The second-order valence-electron chi connectivity index (χ2n) is 6.33. The molecular formula is C18H22FN3O2. The van der Waals surface area contributed by atoms with Crippen LogP contribution in [0, 0.1) is 11.7 Å². The van der Waals surface area contributed by atoms with E-state index in [0.717, 1.165) is 30.8 Å². The molecule has 2 amide bonds. The Bertz CT molecular complexity index is 684. The van der Waals surface area contributed by atoms with E-state index in [1.54, 1.807) is 18.4 Å². The average molecular weight is 331 g/mol. The molecule has 0 unspecified atom stereocenters. The number of rotatable bonds is 4. The molecule has 1 saturated heterocycles. The number of oxazole rings is 1. The summed E-state index contributed by atoms with van der Waals surface area (Å²) in [5, 5.41) is 2.93. The van der Waals surface area contributed by atoms with Gasteiger partial charge in [0.2, 0.25) is 5.89 Å². The number of hydrogen-bond acceptors (Lipinski definition) is 3. The zero-order chi connectivity index (χ0) is 16.9. The SMILES string of the molecule is C[C@@H]1CCCN(C(=O)NCCc2coc(-c3ccc(F)cc3)n2)C1. The summed E-state index contributed by atoms with van der Waals surface area (Å²) >= 11 is 0. The number of likely N-dealkylation sites (tertiary alicyclic amines) is 1. The summed E-state index contributed by atoms with van der Waals surface area (Å²) in [4.78, 5) is 18.4. The van der Waals surface area contributed by atoms with Gasteiger partial charge in [-0.2, -0.15) is 0 Å². The molecule has 6 heteroatoms. The van der Waals surface area contributed by atoms with Crippen molar-refractivity contribution >= 4 is 6.03 Å². The monoisotopic (exact) mass is 331 g/mol. The van der Waals surface area contributed by atoms with Crippen LogP contribution < -0.4 is 5.32 Å². The molecule has 1 fully saturated rings. The molecular weight excluding hydrogens is 309 g/mol. The van der Waals surface area contributed by atoms with E-state index in [1.807, 2.05) is 4.90 Å². The Balaban J connectivity index is 1.49. The number of piperidine rings is 1. The highest BCUT2D eigenvalue weighted by atomic mass is 19.1. The summed E-state index contributed by atoms with van der Waals surface area (Å²) < 4.78 is 18.4. The first-order valence-corrected chi connectivity index (χ1v) is 8.35. The number of carbonyl (C=O) groups excluding carboxylic acids is 1. The first kappa shape index (κ1) is 16.5. The maximum atomic E-state index is 12.9. The van der Waals surface area contributed by atoms with Crippen LogP contribution in [0.1, 0.15) is 25.5 Å². The molecule has 0 spiro atoms. The second kappa shape index (κ2) is 7.47. The van der Waals surface area contributed by atoms with Crippen molar-refractivity contribution in [1.29, 1.82) is 0 Å². The van der Waals surface area contributed by atoms with Crippen molar-refractivity contribution in [3.63, 3.8) is 0 Å². The van der Waals surface area contributed by atoms with Crippen LogP contribution in [0.5, 0.6) is 0 Å². The smallest absolute Gasteiger partial charge is 0.317 e. The lowest BCUT2D eigenvalue weighted by molar-refractivity contribution is 0.170. The molecule has 2 heterocycles. The topological polar surface area (TPSA) is 58.4 Å². The van der Waals surface area contributed by atoms with Crippen molar-refractivity contribution < 1.29 is 13.6 Å². The summed E-state index contributed by atoms with van der Waals surface area (Å²) in [6.45, 7) is 4.34. The highest BCUT2D eigenvalue weighted by Gasteiger charge is 2.20. The highest BCUT2D eigenvalue weighted by Crippen LogP contribution is 2.19. The van der Waals surface area contributed by atoms with Gasteiger partial charge in [0.05, 0.1) is 5.69 Å². The van der Waals surface area contributed by atoms with Crippen LogP contribution in [0.3, 0.4) is 0 Å². The molecule has 1 N–H and O–H groups in total. The highest BCUT2D eigenvalue weighted by molar-refractivity contribution is 5.74. The molecule has 2 aromatic rings. The quantitative estimate of drug-likeness (QED) is 0.933. The number of halogens is 1. The van der Waals surface area contributed by atoms with E-state index in [4.69, 9.17) is 4.42 Å². The zero-order valence-electron chi connectivity index (χ0n) is 13.8. The number of urea groups is 1. The number of nitrogens with zero attached hydrogens (tertiary/aromatic N) is 2. The summed E-state index contributed by atoms with van der Waals surface area (Å²) in [7, 11) is 0. The number of hydrogen-bond donors (Lipinski definition) is 1. The summed E-state index contributed by atoms with van der Waals surface area (Å²) in [5.74, 6) is 0.736. The van der Waals surface area contributed by atoms with Crippen LogP contribution in [0.15, 0.2) is 34.9 Å². The van der Waals surface area contributed by atoms with Gasteiger partial charge in [0.1, 0.15) is 12.1 Å². The molecule has 1 aromatic carbocycles. The first-order chi connectivity index (χ1) is 11.6. The predicted octanol–water partition coefficient (Wildman–Crippen LogP) is 3.46. The van der Waals surface area contributed by atoms with E-state index in [1.165, 1.54) is 18.6 Å². The van der Waals surface area contributed by atoms with Gasteiger partial charge in [-0.25, -0.2) is 14.2 Å². The third kappa shape index (κ3) is 4.13. The largest absolute Gasteiger partial charge is 0.444 e. The van der Waals surface area contributed by atoms with Gasteiger partial charge in [0.25, 0.3) is 0 Å². The maximum absolute atomic E-state index is 12.9. The summed E-state index contributed by atoms with van der Waals surface area (Å²) in [6, 6.07) is 6.00.